The third kappa shape index (κ3) is 7.26. The van der Waals surface area contributed by atoms with Crippen LogP contribution in [-0.2, 0) is 14.9 Å². The first kappa shape index (κ1) is 19.4. The minimum Gasteiger partial charge on any atom is -0.381 e. The van der Waals surface area contributed by atoms with E-state index in [9.17, 15) is 9.59 Å². The molecule has 0 radical (unpaired) electrons. The maximum absolute atomic E-state index is 12.1. The monoisotopic (exact) mass is 346 g/mol. The lowest BCUT2D eigenvalue weighted by Crippen LogP contribution is -2.37. The van der Waals surface area contributed by atoms with Gasteiger partial charge in [-0.2, -0.15) is 0 Å². The van der Waals surface area contributed by atoms with Crippen LogP contribution in [0.15, 0.2) is 24.3 Å². The van der Waals surface area contributed by atoms with Crippen LogP contribution in [0.3, 0.4) is 0 Å². The summed E-state index contributed by atoms with van der Waals surface area (Å²) in [7, 11) is 0. The zero-order valence-electron chi connectivity index (χ0n) is 15.6. The molecule has 0 saturated heterocycles. The van der Waals surface area contributed by atoms with E-state index in [1.165, 1.54) is 18.4 Å². The molecule has 1 aromatic carbocycles. The highest BCUT2D eigenvalue weighted by Gasteiger charge is 2.20. The molecule has 1 fully saturated rings. The van der Waals surface area contributed by atoms with Crippen LogP contribution in [0, 0.1) is 5.92 Å². The van der Waals surface area contributed by atoms with Crippen molar-refractivity contribution in [3.8, 4) is 0 Å². The Morgan fingerprint density at radius 2 is 1.80 bits per heavy atom. The Labute approximate surface area is 150 Å². The van der Waals surface area contributed by atoms with Gasteiger partial charge in [-0.05, 0) is 48.3 Å². The predicted octanol–water partition coefficient (Wildman–Crippen LogP) is 2.65. The second-order valence-corrected chi connectivity index (χ2v) is 7.73. The van der Waals surface area contributed by atoms with Crippen molar-refractivity contribution in [1.82, 2.24) is 10.6 Å². The van der Waals surface area contributed by atoms with Crippen molar-refractivity contribution in [1.29, 1.82) is 0 Å². The standard InChI is InChI=1S/C20H30N2O3/c1-20(2,3)17-9-7-16(8-10-17)19(24)22-13-18(23)21-11-4-12-25-14-15-5-6-15/h7-10,15H,4-6,11-14H2,1-3H3,(H,21,23)(H,22,24). The SMILES string of the molecule is CC(C)(C)c1ccc(C(=O)NCC(=O)NCCCOCC2CC2)cc1. The van der Waals surface area contributed by atoms with Gasteiger partial charge < -0.3 is 15.4 Å². The first-order chi connectivity index (χ1) is 11.9. The summed E-state index contributed by atoms with van der Waals surface area (Å²) in [4.78, 5) is 23.8. The average molecular weight is 346 g/mol. The normalized spacial score (nSPS) is 14.2. The van der Waals surface area contributed by atoms with Crippen molar-refractivity contribution in [3.63, 3.8) is 0 Å². The summed E-state index contributed by atoms with van der Waals surface area (Å²) in [5.41, 5.74) is 1.79. The van der Waals surface area contributed by atoms with Crippen molar-refractivity contribution in [2.24, 2.45) is 5.92 Å². The van der Waals surface area contributed by atoms with Crippen LogP contribution in [0.4, 0.5) is 0 Å². The fourth-order valence-corrected chi connectivity index (χ4v) is 2.38. The van der Waals surface area contributed by atoms with E-state index in [1.54, 1.807) is 12.1 Å². The molecule has 0 unspecified atom stereocenters. The van der Waals surface area contributed by atoms with Gasteiger partial charge in [0, 0.05) is 25.3 Å². The molecule has 1 aromatic rings. The molecule has 0 heterocycles. The highest BCUT2D eigenvalue weighted by Crippen LogP contribution is 2.28. The fourth-order valence-electron chi connectivity index (χ4n) is 2.38. The Balaban J connectivity index is 1.60. The van der Waals surface area contributed by atoms with E-state index < -0.39 is 0 Å². The van der Waals surface area contributed by atoms with Gasteiger partial charge in [-0.3, -0.25) is 9.59 Å². The number of ether oxygens (including phenoxy) is 1. The van der Waals surface area contributed by atoms with Crippen molar-refractivity contribution < 1.29 is 14.3 Å². The molecule has 5 nitrogen and oxygen atoms in total. The van der Waals surface area contributed by atoms with Crippen molar-refractivity contribution in [3.05, 3.63) is 35.4 Å². The average Bonchev–Trinajstić information content (AvgIpc) is 3.39. The smallest absolute Gasteiger partial charge is 0.251 e. The van der Waals surface area contributed by atoms with Gasteiger partial charge in [0.2, 0.25) is 5.91 Å². The highest BCUT2D eigenvalue weighted by atomic mass is 16.5. The zero-order chi connectivity index (χ0) is 18.3. The Hall–Kier alpha value is -1.88. The minimum absolute atomic E-state index is 0.0111. The molecule has 2 N–H and O–H groups in total. The summed E-state index contributed by atoms with van der Waals surface area (Å²) in [6.07, 6.45) is 3.37. The number of amides is 2. The van der Waals surface area contributed by atoms with Crippen molar-refractivity contribution >= 4 is 11.8 Å². The predicted molar refractivity (Wildman–Crippen MR) is 98.6 cm³/mol. The van der Waals surface area contributed by atoms with Gasteiger partial charge in [0.15, 0.2) is 0 Å². The van der Waals surface area contributed by atoms with E-state index in [1.807, 2.05) is 12.1 Å². The van der Waals surface area contributed by atoms with Gasteiger partial charge in [0.25, 0.3) is 5.91 Å². The third-order valence-electron chi connectivity index (χ3n) is 4.26. The molecule has 0 atom stereocenters. The number of hydrogen-bond acceptors (Lipinski definition) is 3. The zero-order valence-corrected chi connectivity index (χ0v) is 15.6. The molecule has 138 valence electrons. The van der Waals surface area contributed by atoms with Gasteiger partial charge in [0.05, 0.1) is 6.54 Å². The molecule has 1 aliphatic carbocycles. The number of carbonyl (C=O) groups is 2. The summed E-state index contributed by atoms with van der Waals surface area (Å²) in [6.45, 7) is 8.46. The van der Waals surface area contributed by atoms with Crippen LogP contribution in [0.25, 0.3) is 0 Å². The van der Waals surface area contributed by atoms with Gasteiger partial charge in [-0.1, -0.05) is 32.9 Å². The lowest BCUT2D eigenvalue weighted by Gasteiger charge is -2.19. The lowest BCUT2D eigenvalue weighted by molar-refractivity contribution is -0.120. The summed E-state index contributed by atoms with van der Waals surface area (Å²) < 4.78 is 5.51. The third-order valence-corrected chi connectivity index (χ3v) is 4.26. The topological polar surface area (TPSA) is 67.4 Å². The molecule has 1 saturated carbocycles. The molecular formula is C20H30N2O3. The summed E-state index contributed by atoms with van der Waals surface area (Å²) >= 11 is 0. The largest absolute Gasteiger partial charge is 0.381 e. The van der Waals surface area contributed by atoms with Crippen LogP contribution < -0.4 is 10.6 Å². The molecule has 2 rings (SSSR count). The highest BCUT2D eigenvalue weighted by molar-refractivity contribution is 5.96. The van der Waals surface area contributed by atoms with Crippen LogP contribution in [-0.4, -0.2) is 38.1 Å². The molecule has 5 heteroatoms. The second-order valence-electron chi connectivity index (χ2n) is 7.73. The van der Waals surface area contributed by atoms with E-state index in [0.29, 0.717) is 18.7 Å². The maximum Gasteiger partial charge on any atom is 0.251 e. The molecule has 0 spiro atoms. The molecule has 25 heavy (non-hydrogen) atoms. The van der Waals surface area contributed by atoms with E-state index in [-0.39, 0.29) is 23.8 Å². The molecular weight excluding hydrogens is 316 g/mol. The van der Waals surface area contributed by atoms with Crippen LogP contribution in [0.5, 0.6) is 0 Å². The van der Waals surface area contributed by atoms with E-state index in [0.717, 1.165) is 18.9 Å². The molecule has 2 amide bonds. The number of carbonyl (C=O) groups excluding carboxylic acids is 2. The summed E-state index contributed by atoms with van der Waals surface area (Å²) in [5.74, 6) is 0.354. The van der Waals surface area contributed by atoms with E-state index in [4.69, 9.17) is 4.74 Å². The van der Waals surface area contributed by atoms with Crippen LogP contribution in [0.1, 0.15) is 56.0 Å². The summed E-state index contributed by atoms with van der Waals surface area (Å²) in [6, 6.07) is 7.50. The van der Waals surface area contributed by atoms with Crippen molar-refractivity contribution in [2.45, 2.75) is 45.4 Å². The van der Waals surface area contributed by atoms with Crippen LogP contribution in [0.2, 0.25) is 0 Å². The maximum atomic E-state index is 12.1. The lowest BCUT2D eigenvalue weighted by atomic mass is 9.87. The van der Waals surface area contributed by atoms with E-state index in [2.05, 4.69) is 31.4 Å². The first-order valence-electron chi connectivity index (χ1n) is 9.09. The number of hydrogen-bond donors (Lipinski definition) is 2. The number of benzene rings is 1. The minimum atomic E-state index is -0.233. The Morgan fingerprint density at radius 1 is 1.12 bits per heavy atom. The molecule has 0 aliphatic heterocycles. The summed E-state index contributed by atoms with van der Waals surface area (Å²) in [5, 5.41) is 5.44. The molecule has 0 bridgehead atoms. The van der Waals surface area contributed by atoms with Gasteiger partial charge in [0.1, 0.15) is 0 Å². The Bertz CT molecular complexity index is 572. The van der Waals surface area contributed by atoms with Gasteiger partial charge in [-0.15, -0.1) is 0 Å². The second kappa shape index (κ2) is 8.99. The van der Waals surface area contributed by atoms with Crippen molar-refractivity contribution in [2.75, 3.05) is 26.3 Å². The number of rotatable bonds is 9. The van der Waals surface area contributed by atoms with E-state index >= 15 is 0 Å². The van der Waals surface area contributed by atoms with Gasteiger partial charge in [-0.25, -0.2) is 0 Å². The Morgan fingerprint density at radius 3 is 2.40 bits per heavy atom. The number of nitrogens with one attached hydrogen (secondary N) is 2. The quantitative estimate of drug-likeness (QED) is 0.676. The molecule has 1 aliphatic rings. The molecule has 0 aromatic heterocycles. The Kier molecular flexibility index (Phi) is 7.00. The fraction of sp³-hybridized carbons (Fsp3) is 0.600. The van der Waals surface area contributed by atoms with Crippen LogP contribution >= 0.6 is 0 Å². The van der Waals surface area contributed by atoms with Gasteiger partial charge >= 0.3 is 0 Å². The first-order valence-corrected chi connectivity index (χ1v) is 9.09.